The van der Waals surface area contributed by atoms with E-state index in [1.54, 1.807) is 12.3 Å². The fourth-order valence-corrected chi connectivity index (χ4v) is 4.24. The van der Waals surface area contributed by atoms with Crippen molar-refractivity contribution in [2.75, 3.05) is 18.4 Å². The molecule has 2 aromatic heterocycles. The average Bonchev–Trinajstić information content (AvgIpc) is 3.44. The first-order valence-electron chi connectivity index (χ1n) is 10.9. The van der Waals surface area contributed by atoms with Crippen molar-refractivity contribution in [3.63, 3.8) is 0 Å². The van der Waals surface area contributed by atoms with Crippen molar-refractivity contribution in [3.05, 3.63) is 84.1 Å². The minimum absolute atomic E-state index is 0.255. The summed E-state index contributed by atoms with van der Waals surface area (Å²) in [6.45, 7) is 3.59. The topological polar surface area (TPSA) is 63.3 Å². The standard InChI is InChI=1S/C25H26N4O2/c30-25(24-12-11-22(31-24)18-28-13-4-1-5-14-28)27-21-15-26-29(17-21)16-20-9-6-8-19-7-2-3-10-23(19)20/h2-3,6-12,15,17H,1,4-5,13-14,16,18H2,(H,27,30). The summed E-state index contributed by atoms with van der Waals surface area (Å²) >= 11 is 0. The maximum atomic E-state index is 12.6. The number of nitrogens with one attached hydrogen (secondary N) is 1. The van der Waals surface area contributed by atoms with Gasteiger partial charge in [-0.15, -0.1) is 0 Å². The molecule has 1 aliphatic heterocycles. The molecule has 4 aromatic rings. The molecule has 0 saturated carbocycles. The normalized spacial score (nSPS) is 14.7. The van der Waals surface area contributed by atoms with Gasteiger partial charge in [-0.3, -0.25) is 14.4 Å². The number of likely N-dealkylation sites (tertiary alicyclic amines) is 1. The highest BCUT2D eigenvalue weighted by Gasteiger charge is 2.16. The molecule has 5 rings (SSSR count). The van der Waals surface area contributed by atoms with E-state index in [0.717, 1.165) is 25.4 Å². The molecule has 0 atom stereocenters. The van der Waals surface area contributed by atoms with Crippen LogP contribution in [0.2, 0.25) is 0 Å². The molecule has 0 bridgehead atoms. The van der Waals surface area contributed by atoms with Crippen molar-refractivity contribution >= 4 is 22.4 Å². The number of rotatable bonds is 6. The summed E-state index contributed by atoms with van der Waals surface area (Å²) in [5.41, 5.74) is 1.84. The van der Waals surface area contributed by atoms with Gasteiger partial charge in [-0.2, -0.15) is 5.10 Å². The van der Waals surface area contributed by atoms with Crippen LogP contribution in [0.4, 0.5) is 5.69 Å². The zero-order valence-electron chi connectivity index (χ0n) is 17.5. The fourth-order valence-electron chi connectivity index (χ4n) is 4.24. The van der Waals surface area contributed by atoms with E-state index in [-0.39, 0.29) is 5.91 Å². The Hall–Kier alpha value is -3.38. The van der Waals surface area contributed by atoms with Gasteiger partial charge in [-0.1, -0.05) is 48.9 Å². The number of amides is 1. The lowest BCUT2D eigenvalue weighted by molar-refractivity contribution is 0.0992. The predicted octanol–water partition coefficient (Wildman–Crippen LogP) is 4.92. The van der Waals surface area contributed by atoms with Crippen LogP contribution in [-0.2, 0) is 13.1 Å². The van der Waals surface area contributed by atoms with Gasteiger partial charge in [0, 0.05) is 6.20 Å². The van der Waals surface area contributed by atoms with Crippen LogP contribution in [0.25, 0.3) is 10.8 Å². The summed E-state index contributed by atoms with van der Waals surface area (Å²) in [6.07, 6.45) is 7.28. The van der Waals surface area contributed by atoms with E-state index < -0.39 is 0 Å². The van der Waals surface area contributed by atoms with Gasteiger partial charge in [0.05, 0.1) is 25.0 Å². The number of carbonyl (C=O) groups excluding carboxylic acids is 1. The van der Waals surface area contributed by atoms with Crippen LogP contribution in [0, 0.1) is 0 Å². The predicted molar refractivity (Wildman–Crippen MR) is 121 cm³/mol. The zero-order valence-corrected chi connectivity index (χ0v) is 17.5. The van der Waals surface area contributed by atoms with Crippen LogP contribution in [-0.4, -0.2) is 33.7 Å². The van der Waals surface area contributed by atoms with Crippen LogP contribution >= 0.6 is 0 Å². The van der Waals surface area contributed by atoms with Gasteiger partial charge >= 0.3 is 0 Å². The molecule has 3 heterocycles. The number of hydrogen-bond donors (Lipinski definition) is 1. The highest BCUT2D eigenvalue weighted by atomic mass is 16.4. The lowest BCUT2D eigenvalue weighted by Gasteiger charge is -2.25. The highest BCUT2D eigenvalue weighted by Crippen LogP contribution is 2.20. The second-order valence-corrected chi connectivity index (χ2v) is 8.12. The Labute approximate surface area is 181 Å². The molecule has 31 heavy (non-hydrogen) atoms. The number of anilines is 1. The molecule has 1 fully saturated rings. The number of benzene rings is 2. The van der Waals surface area contributed by atoms with Crippen molar-refractivity contribution < 1.29 is 9.21 Å². The second kappa shape index (κ2) is 8.78. The lowest BCUT2D eigenvalue weighted by Crippen LogP contribution is -2.28. The molecule has 0 radical (unpaired) electrons. The molecule has 0 unspecified atom stereocenters. The third kappa shape index (κ3) is 4.54. The molecule has 6 heteroatoms. The van der Waals surface area contributed by atoms with Gasteiger partial charge in [0.25, 0.3) is 5.91 Å². The van der Waals surface area contributed by atoms with Crippen molar-refractivity contribution in [1.29, 1.82) is 0 Å². The molecule has 2 aromatic carbocycles. The van der Waals surface area contributed by atoms with Gasteiger partial charge in [0.1, 0.15) is 5.76 Å². The number of aromatic nitrogens is 2. The van der Waals surface area contributed by atoms with E-state index >= 15 is 0 Å². The first kappa shape index (κ1) is 19.6. The quantitative estimate of drug-likeness (QED) is 0.487. The highest BCUT2D eigenvalue weighted by molar-refractivity contribution is 6.02. The first-order valence-corrected chi connectivity index (χ1v) is 10.9. The smallest absolute Gasteiger partial charge is 0.291 e. The summed E-state index contributed by atoms with van der Waals surface area (Å²) in [7, 11) is 0. The Bertz CT molecular complexity index is 1180. The molecule has 1 amide bonds. The van der Waals surface area contributed by atoms with Crippen molar-refractivity contribution in [1.82, 2.24) is 14.7 Å². The average molecular weight is 415 g/mol. The largest absolute Gasteiger partial charge is 0.455 e. The van der Waals surface area contributed by atoms with E-state index in [2.05, 4.69) is 45.6 Å². The van der Waals surface area contributed by atoms with Crippen LogP contribution in [0.3, 0.4) is 0 Å². The first-order chi connectivity index (χ1) is 15.2. The third-order valence-corrected chi connectivity index (χ3v) is 5.82. The zero-order chi connectivity index (χ0) is 21.0. The second-order valence-electron chi connectivity index (χ2n) is 8.12. The van der Waals surface area contributed by atoms with Crippen LogP contribution in [0.15, 0.2) is 71.4 Å². The molecule has 1 N–H and O–H groups in total. The van der Waals surface area contributed by atoms with Gasteiger partial charge in [0.15, 0.2) is 5.76 Å². The molecular formula is C25H26N4O2. The summed E-state index contributed by atoms with van der Waals surface area (Å²) < 4.78 is 7.62. The fraction of sp³-hybridized carbons (Fsp3) is 0.280. The number of furan rings is 1. The van der Waals surface area contributed by atoms with Crippen molar-refractivity contribution in [2.24, 2.45) is 0 Å². The Morgan fingerprint density at radius 2 is 1.81 bits per heavy atom. The maximum absolute atomic E-state index is 12.6. The number of hydrogen-bond acceptors (Lipinski definition) is 4. The Kier molecular flexibility index (Phi) is 5.54. The van der Waals surface area contributed by atoms with Crippen LogP contribution in [0.5, 0.6) is 0 Å². The van der Waals surface area contributed by atoms with Gasteiger partial charge < -0.3 is 9.73 Å². The van der Waals surface area contributed by atoms with E-state index in [4.69, 9.17) is 4.42 Å². The number of carbonyl (C=O) groups is 1. The summed E-state index contributed by atoms with van der Waals surface area (Å²) in [5.74, 6) is 0.905. The Morgan fingerprint density at radius 1 is 0.968 bits per heavy atom. The SMILES string of the molecule is O=C(Nc1cnn(Cc2cccc3ccccc23)c1)c1ccc(CN2CCCCC2)o1. The maximum Gasteiger partial charge on any atom is 0.291 e. The Morgan fingerprint density at radius 3 is 2.71 bits per heavy atom. The minimum atomic E-state index is -0.255. The summed E-state index contributed by atoms with van der Waals surface area (Å²) in [5, 5.41) is 9.72. The van der Waals surface area contributed by atoms with Gasteiger partial charge in [-0.05, 0) is 54.4 Å². The van der Waals surface area contributed by atoms with E-state index in [1.165, 1.54) is 35.6 Å². The molecule has 158 valence electrons. The van der Waals surface area contributed by atoms with E-state index in [9.17, 15) is 4.79 Å². The molecular weight excluding hydrogens is 388 g/mol. The minimum Gasteiger partial charge on any atom is -0.455 e. The van der Waals surface area contributed by atoms with Crippen LogP contribution in [0.1, 0.15) is 41.1 Å². The van der Waals surface area contributed by atoms with Crippen LogP contribution < -0.4 is 5.32 Å². The number of nitrogens with zero attached hydrogens (tertiary/aromatic N) is 3. The molecule has 6 nitrogen and oxygen atoms in total. The van der Waals surface area contributed by atoms with Gasteiger partial charge in [-0.25, -0.2) is 0 Å². The number of fused-ring (bicyclic) bond motifs is 1. The molecule has 1 saturated heterocycles. The summed E-state index contributed by atoms with van der Waals surface area (Å²) in [6, 6.07) is 18.2. The molecule has 1 aliphatic rings. The van der Waals surface area contributed by atoms with E-state index in [1.807, 2.05) is 29.1 Å². The van der Waals surface area contributed by atoms with Crippen molar-refractivity contribution in [2.45, 2.75) is 32.4 Å². The molecule has 0 aliphatic carbocycles. The monoisotopic (exact) mass is 414 g/mol. The van der Waals surface area contributed by atoms with Crippen molar-refractivity contribution in [3.8, 4) is 0 Å². The van der Waals surface area contributed by atoms with Gasteiger partial charge in [0.2, 0.25) is 0 Å². The summed E-state index contributed by atoms with van der Waals surface area (Å²) in [4.78, 5) is 15.0. The lowest BCUT2D eigenvalue weighted by atomic mass is 10.0. The Balaban J connectivity index is 1.23. The molecule has 0 spiro atoms. The van der Waals surface area contributed by atoms with E-state index in [0.29, 0.717) is 18.0 Å². The third-order valence-electron chi connectivity index (χ3n) is 5.82. The number of piperidine rings is 1.